The summed E-state index contributed by atoms with van der Waals surface area (Å²) in [5, 5.41) is 6.58. The molecule has 0 fully saturated rings. The predicted molar refractivity (Wildman–Crippen MR) is 216 cm³/mol. The smallest absolute Gasteiger partial charge is 0.165 e. The lowest BCUT2D eigenvalue weighted by Gasteiger charge is -2.11. The van der Waals surface area contributed by atoms with Gasteiger partial charge in [-0.05, 0) is 48.5 Å². The number of thiophene rings is 2. The van der Waals surface area contributed by atoms with Crippen LogP contribution in [0.15, 0.2) is 158 Å². The third-order valence-corrected chi connectivity index (χ3v) is 11.9. The van der Waals surface area contributed by atoms with E-state index in [0.29, 0.717) is 11.6 Å². The second kappa shape index (κ2) is 11.2. The zero-order valence-electron chi connectivity index (χ0n) is 31.7. The second-order valence-corrected chi connectivity index (χ2v) is 14.6. The van der Waals surface area contributed by atoms with Crippen LogP contribution in [0.5, 0.6) is 0 Å². The van der Waals surface area contributed by atoms with E-state index in [1.807, 2.05) is 36.4 Å². The van der Waals surface area contributed by atoms with Crippen molar-refractivity contribution in [1.29, 1.82) is 0 Å². The van der Waals surface area contributed by atoms with E-state index in [4.69, 9.17) is 21.8 Å². The molecular formula is C45H26N4S2. The molecule has 4 nitrogen and oxygen atoms in total. The Morgan fingerprint density at radius 1 is 0.471 bits per heavy atom. The summed E-state index contributed by atoms with van der Waals surface area (Å²) in [7, 11) is 0. The molecule has 0 saturated carbocycles. The minimum atomic E-state index is -0.470. The summed E-state index contributed by atoms with van der Waals surface area (Å²) in [5.74, 6) is 0.724. The van der Waals surface area contributed by atoms with Gasteiger partial charge < -0.3 is 4.57 Å². The molecule has 4 heterocycles. The zero-order chi connectivity index (χ0) is 37.8. The molecule has 0 aliphatic carbocycles. The minimum Gasteiger partial charge on any atom is -0.309 e. The van der Waals surface area contributed by atoms with Gasteiger partial charge in [0.05, 0.1) is 17.9 Å². The summed E-state index contributed by atoms with van der Waals surface area (Å²) in [6, 6.07) is 41.7. The van der Waals surface area contributed by atoms with Crippen molar-refractivity contribution in [2.75, 3.05) is 0 Å². The van der Waals surface area contributed by atoms with Crippen LogP contribution < -0.4 is 0 Å². The molecule has 0 unspecified atom stereocenters. The summed E-state index contributed by atoms with van der Waals surface area (Å²) in [4.78, 5) is 15.0. The molecule has 11 rings (SSSR count). The summed E-state index contributed by atoms with van der Waals surface area (Å²) in [6.45, 7) is 0. The Kier molecular flexibility index (Phi) is 5.25. The van der Waals surface area contributed by atoms with Gasteiger partial charge in [0.25, 0.3) is 0 Å². The van der Waals surface area contributed by atoms with Crippen molar-refractivity contribution >= 4 is 84.8 Å². The van der Waals surface area contributed by atoms with Gasteiger partial charge in [0, 0.05) is 73.5 Å². The third kappa shape index (κ3) is 4.40. The van der Waals surface area contributed by atoms with Gasteiger partial charge in [0.2, 0.25) is 0 Å². The average Bonchev–Trinajstić information content (AvgIpc) is 3.91. The number of hydrogen-bond donors (Lipinski definition) is 0. The van der Waals surface area contributed by atoms with E-state index in [9.17, 15) is 0 Å². The maximum absolute atomic E-state index is 8.88. The number of nitrogens with zero attached hydrogens (tertiary/aromatic N) is 4. The molecule has 0 amide bonds. The number of rotatable bonds is 4. The van der Waals surface area contributed by atoms with E-state index in [2.05, 4.69) is 95.6 Å². The topological polar surface area (TPSA) is 43.6 Å². The summed E-state index contributed by atoms with van der Waals surface area (Å²) < 4.78 is 49.5. The van der Waals surface area contributed by atoms with E-state index in [1.54, 1.807) is 22.7 Å². The molecule has 11 aromatic rings. The summed E-state index contributed by atoms with van der Waals surface area (Å²) in [5.41, 5.74) is 4.73. The molecule has 6 heteroatoms. The maximum Gasteiger partial charge on any atom is 0.165 e. The van der Waals surface area contributed by atoms with Gasteiger partial charge >= 0.3 is 0 Å². The van der Waals surface area contributed by atoms with Gasteiger partial charge in [-0.2, -0.15) is 0 Å². The molecule has 0 aliphatic heterocycles. The highest BCUT2D eigenvalue weighted by Gasteiger charge is 2.20. The fourth-order valence-corrected chi connectivity index (χ4v) is 9.68. The highest BCUT2D eigenvalue weighted by atomic mass is 32.1. The van der Waals surface area contributed by atoms with Gasteiger partial charge in [-0.1, -0.05) is 109 Å². The molecule has 0 spiro atoms. The van der Waals surface area contributed by atoms with Crippen LogP contribution >= 0.6 is 22.7 Å². The highest BCUT2D eigenvalue weighted by molar-refractivity contribution is 7.26. The van der Waals surface area contributed by atoms with E-state index in [-0.39, 0.29) is 23.5 Å². The van der Waals surface area contributed by atoms with Crippen molar-refractivity contribution < 1.29 is 6.85 Å². The van der Waals surface area contributed by atoms with Crippen molar-refractivity contribution in [2.45, 2.75) is 0 Å². The Labute approximate surface area is 307 Å². The van der Waals surface area contributed by atoms with Crippen LogP contribution in [0, 0.1) is 0 Å². The van der Waals surface area contributed by atoms with Crippen LogP contribution in [0.3, 0.4) is 0 Å². The van der Waals surface area contributed by atoms with Crippen molar-refractivity contribution in [3.05, 3.63) is 158 Å². The molecule has 0 aliphatic rings. The average molecular weight is 692 g/mol. The standard InChI is InChI=1S/C45H26N4S2/c1-2-12-27(13-3-1)43-46-44(48-45(47-43)34-19-10-17-32-31-16-6-9-22-38(31)51-42(32)34)33-18-11-23-40-41(33)35-26-28(24-25-39(35)50-40)49-36-20-7-4-14-29(36)30-15-5-8-21-37(30)49/h1-26H/i1D,2D,3D,12D,13D. The Morgan fingerprint density at radius 3 is 1.88 bits per heavy atom. The van der Waals surface area contributed by atoms with E-state index >= 15 is 0 Å². The Bertz CT molecular complexity index is 3380. The molecule has 0 bridgehead atoms. The predicted octanol–water partition coefficient (Wildman–Crippen LogP) is 12.7. The zero-order valence-corrected chi connectivity index (χ0v) is 28.4. The third-order valence-electron chi connectivity index (χ3n) is 9.56. The quantitative estimate of drug-likeness (QED) is 0.184. The van der Waals surface area contributed by atoms with Crippen molar-refractivity contribution in [2.24, 2.45) is 0 Å². The molecule has 51 heavy (non-hydrogen) atoms. The Hall–Kier alpha value is -6.21. The fraction of sp³-hybridized carbons (Fsp3) is 0. The number of benzene rings is 7. The lowest BCUT2D eigenvalue weighted by molar-refractivity contribution is 1.08. The second-order valence-electron chi connectivity index (χ2n) is 12.4. The molecule has 0 radical (unpaired) electrons. The van der Waals surface area contributed by atoms with E-state index in [0.717, 1.165) is 68.2 Å². The summed E-state index contributed by atoms with van der Waals surface area (Å²) >= 11 is 3.34. The van der Waals surface area contributed by atoms with Gasteiger partial charge in [-0.3, -0.25) is 0 Å². The van der Waals surface area contributed by atoms with Crippen LogP contribution in [0.1, 0.15) is 6.85 Å². The van der Waals surface area contributed by atoms with Crippen LogP contribution in [0.4, 0.5) is 0 Å². The monoisotopic (exact) mass is 691 g/mol. The lowest BCUT2D eigenvalue weighted by Crippen LogP contribution is -2.00. The number of para-hydroxylation sites is 2. The Balaban J connectivity index is 1.20. The molecule has 238 valence electrons. The van der Waals surface area contributed by atoms with Gasteiger partial charge in [0.15, 0.2) is 17.5 Å². The maximum atomic E-state index is 8.88. The molecule has 7 aromatic carbocycles. The van der Waals surface area contributed by atoms with E-state index in [1.165, 1.54) is 10.8 Å². The first kappa shape index (κ1) is 24.0. The van der Waals surface area contributed by atoms with Crippen molar-refractivity contribution in [1.82, 2.24) is 19.5 Å². The molecular weight excluding hydrogens is 661 g/mol. The normalized spacial score (nSPS) is 13.3. The first-order chi connectivity index (χ1) is 27.4. The van der Waals surface area contributed by atoms with Crippen LogP contribution in [0.2, 0.25) is 0 Å². The Morgan fingerprint density at radius 2 is 1.08 bits per heavy atom. The van der Waals surface area contributed by atoms with Crippen molar-refractivity contribution in [3.8, 4) is 39.9 Å². The van der Waals surface area contributed by atoms with Crippen LogP contribution in [-0.4, -0.2) is 19.5 Å². The fourth-order valence-electron chi connectivity index (χ4n) is 7.35. The summed E-state index contributed by atoms with van der Waals surface area (Å²) in [6.07, 6.45) is 0. The molecule has 4 aromatic heterocycles. The van der Waals surface area contributed by atoms with Crippen LogP contribution in [-0.2, 0) is 0 Å². The highest BCUT2D eigenvalue weighted by Crippen LogP contribution is 2.43. The lowest BCUT2D eigenvalue weighted by atomic mass is 10.0. The number of aromatic nitrogens is 4. The van der Waals surface area contributed by atoms with Gasteiger partial charge in [-0.15, -0.1) is 22.7 Å². The SMILES string of the molecule is [2H]c1c([2H])c([2H])c(-c2nc(-c3cccc4c3sc3ccccc34)nc(-c3cccc4sc5ccc(-n6c7ccccc7c7ccccc76)cc5c34)n2)c([2H])c1[2H]. The van der Waals surface area contributed by atoms with Crippen molar-refractivity contribution in [3.63, 3.8) is 0 Å². The first-order valence-electron chi connectivity index (χ1n) is 19.0. The largest absolute Gasteiger partial charge is 0.309 e. The van der Waals surface area contributed by atoms with Crippen LogP contribution in [0.25, 0.3) is 102 Å². The molecule has 0 N–H and O–H groups in total. The van der Waals surface area contributed by atoms with Gasteiger partial charge in [0.1, 0.15) is 0 Å². The number of fused-ring (bicyclic) bond motifs is 9. The molecule has 0 atom stereocenters. The number of hydrogen-bond acceptors (Lipinski definition) is 5. The minimum absolute atomic E-state index is 0.0163. The van der Waals surface area contributed by atoms with E-state index < -0.39 is 18.1 Å². The van der Waals surface area contributed by atoms with Gasteiger partial charge in [-0.25, -0.2) is 15.0 Å². The first-order valence-corrected chi connectivity index (χ1v) is 18.2. The molecule has 0 saturated heterocycles.